The van der Waals surface area contributed by atoms with Gasteiger partial charge in [-0.2, -0.15) is 0 Å². The predicted octanol–water partition coefficient (Wildman–Crippen LogP) is 2.23. The first kappa shape index (κ1) is 14.3. The van der Waals surface area contributed by atoms with E-state index in [9.17, 15) is 9.18 Å². The van der Waals surface area contributed by atoms with E-state index in [4.69, 9.17) is 0 Å². The van der Waals surface area contributed by atoms with Crippen LogP contribution in [0.25, 0.3) is 0 Å². The van der Waals surface area contributed by atoms with Crippen LogP contribution in [0.1, 0.15) is 18.4 Å². The molecule has 1 aromatic carbocycles. The molecule has 0 N–H and O–H groups in total. The van der Waals surface area contributed by atoms with Crippen molar-refractivity contribution in [2.24, 2.45) is 0 Å². The minimum atomic E-state index is -0.261. The van der Waals surface area contributed by atoms with Crippen LogP contribution in [0.2, 0.25) is 0 Å². The summed E-state index contributed by atoms with van der Waals surface area (Å²) >= 11 is 0. The van der Waals surface area contributed by atoms with Gasteiger partial charge in [0.05, 0.1) is 6.42 Å². The molecule has 0 radical (unpaired) electrons. The van der Waals surface area contributed by atoms with Crippen LogP contribution in [0.3, 0.4) is 0 Å². The molecule has 21 heavy (non-hydrogen) atoms. The van der Waals surface area contributed by atoms with Crippen molar-refractivity contribution in [1.29, 1.82) is 0 Å². The van der Waals surface area contributed by atoms with Gasteiger partial charge in [-0.25, -0.2) is 4.39 Å². The Balaban J connectivity index is 1.64. The molecule has 112 valence electrons. The number of carbonyl (C=O) groups is 1. The first-order valence-corrected chi connectivity index (χ1v) is 7.58. The number of halogens is 1. The molecule has 2 aliphatic heterocycles. The van der Waals surface area contributed by atoms with Crippen molar-refractivity contribution in [3.63, 3.8) is 0 Å². The van der Waals surface area contributed by atoms with E-state index < -0.39 is 0 Å². The van der Waals surface area contributed by atoms with Crippen LogP contribution in [0, 0.1) is 5.82 Å². The molecule has 1 amide bonds. The van der Waals surface area contributed by atoms with Crippen LogP contribution in [0.4, 0.5) is 4.39 Å². The van der Waals surface area contributed by atoms with Crippen molar-refractivity contribution in [3.8, 4) is 0 Å². The standard InChI is InChI=1S/C17H21FN2O/c1-2-9-19-10-7-16-15(19)8-11-20(16)17(21)12-13-3-5-14(18)6-4-13/h2-6,15-16H,1,7-12H2/t15-,16+/m0/s1. The maximum atomic E-state index is 12.9. The molecular formula is C17H21FN2O. The molecule has 0 spiro atoms. The highest BCUT2D eigenvalue weighted by Crippen LogP contribution is 2.31. The maximum absolute atomic E-state index is 12.9. The van der Waals surface area contributed by atoms with E-state index in [1.165, 1.54) is 12.1 Å². The van der Waals surface area contributed by atoms with E-state index in [0.717, 1.165) is 38.0 Å². The highest BCUT2D eigenvalue weighted by Gasteiger charge is 2.43. The number of rotatable bonds is 4. The minimum Gasteiger partial charge on any atom is -0.338 e. The molecule has 3 rings (SSSR count). The van der Waals surface area contributed by atoms with E-state index >= 15 is 0 Å². The van der Waals surface area contributed by atoms with Gasteiger partial charge in [-0.15, -0.1) is 6.58 Å². The van der Waals surface area contributed by atoms with Crippen LogP contribution in [0.15, 0.2) is 36.9 Å². The number of nitrogens with zero attached hydrogens (tertiary/aromatic N) is 2. The lowest BCUT2D eigenvalue weighted by Gasteiger charge is -2.25. The SMILES string of the molecule is C=CCN1CC[C@@H]2[C@@H]1CCN2C(=O)Cc1ccc(F)cc1. The van der Waals surface area contributed by atoms with E-state index in [2.05, 4.69) is 11.5 Å². The van der Waals surface area contributed by atoms with Gasteiger partial charge in [0.1, 0.15) is 5.82 Å². The molecular weight excluding hydrogens is 267 g/mol. The van der Waals surface area contributed by atoms with Crippen molar-refractivity contribution < 1.29 is 9.18 Å². The molecule has 0 bridgehead atoms. The van der Waals surface area contributed by atoms with Gasteiger partial charge >= 0.3 is 0 Å². The van der Waals surface area contributed by atoms with E-state index in [1.54, 1.807) is 12.1 Å². The van der Waals surface area contributed by atoms with Gasteiger partial charge in [0.25, 0.3) is 0 Å². The van der Waals surface area contributed by atoms with Crippen LogP contribution in [-0.4, -0.2) is 47.4 Å². The molecule has 0 aromatic heterocycles. The Morgan fingerprint density at radius 3 is 2.67 bits per heavy atom. The molecule has 0 unspecified atom stereocenters. The van der Waals surface area contributed by atoms with Gasteiger partial charge in [-0.1, -0.05) is 18.2 Å². The third-order valence-electron chi connectivity index (χ3n) is 4.64. The topological polar surface area (TPSA) is 23.6 Å². The van der Waals surface area contributed by atoms with Gasteiger partial charge < -0.3 is 4.90 Å². The molecule has 2 saturated heterocycles. The fraction of sp³-hybridized carbons (Fsp3) is 0.471. The van der Waals surface area contributed by atoms with Crippen molar-refractivity contribution in [3.05, 3.63) is 48.3 Å². The lowest BCUT2D eigenvalue weighted by Crippen LogP contribution is -2.40. The third-order valence-corrected chi connectivity index (χ3v) is 4.64. The van der Waals surface area contributed by atoms with Gasteiger partial charge in [-0.3, -0.25) is 9.69 Å². The first-order chi connectivity index (χ1) is 10.2. The van der Waals surface area contributed by atoms with Gasteiger partial charge in [0.15, 0.2) is 0 Å². The maximum Gasteiger partial charge on any atom is 0.227 e. The van der Waals surface area contributed by atoms with Gasteiger partial charge in [0, 0.05) is 31.7 Å². The van der Waals surface area contributed by atoms with E-state index in [1.807, 2.05) is 11.0 Å². The minimum absolute atomic E-state index is 0.162. The van der Waals surface area contributed by atoms with Crippen LogP contribution in [-0.2, 0) is 11.2 Å². The zero-order chi connectivity index (χ0) is 14.8. The predicted molar refractivity (Wildman–Crippen MR) is 80.4 cm³/mol. The van der Waals surface area contributed by atoms with Crippen LogP contribution < -0.4 is 0 Å². The number of carbonyl (C=O) groups excluding carboxylic acids is 1. The van der Waals surface area contributed by atoms with Crippen molar-refractivity contribution in [1.82, 2.24) is 9.80 Å². The Labute approximate surface area is 125 Å². The highest BCUT2D eigenvalue weighted by atomic mass is 19.1. The summed E-state index contributed by atoms with van der Waals surface area (Å²) in [6.07, 6.45) is 4.40. The lowest BCUT2D eigenvalue weighted by atomic mass is 10.1. The third kappa shape index (κ3) is 2.86. The second-order valence-corrected chi connectivity index (χ2v) is 5.89. The summed E-state index contributed by atoms with van der Waals surface area (Å²) in [5.41, 5.74) is 0.880. The molecule has 3 nitrogen and oxygen atoms in total. The lowest BCUT2D eigenvalue weighted by molar-refractivity contribution is -0.131. The normalized spacial score (nSPS) is 25.1. The summed E-state index contributed by atoms with van der Waals surface area (Å²) in [5.74, 6) is -0.0992. The fourth-order valence-corrected chi connectivity index (χ4v) is 3.66. The van der Waals surface area contributed by atoms with Crippen molar-refractivity contribution in [2.75, 3.05) is 19.6 Å². The first-order valence-electron chi connectivity index (χ1n) is 7.58. The number of hydrogen-bond acceptors (Lipinski definition) is 2. The molecule has 2 fully saturated rings. The fourth-order valence-electron chi connectivity index (χ4n) is 3.66. The Morgan fingerprint density at radius 1 is 1.24 bits per heavy atom. The Kier molecular flexibility index (Phi) is 4.06. The zero-order valence-corrected chi connectivity index (χ0v) is 12.2. The quantitative estimate of drug-likeness (QED) is 0.793. The second kappa shape index (κ2) is 5.98. The van der Waals surface area contributed by atoms with Crippen molar-refractivity contribution in [2.45, 2.75) is 31.3 Å². The Hall–Kier alpha value is -1.68. The summed E-state index contributed by atoms with van der Waals surface area (Å²) in [4.78, 5) is 16.9. The largest absolute Gasteiger partial charge is 0.338 e. The Bertz CT molecular complexity index is 528. The molecule has 0 aliphatic carbocycles. The number of benzene rings is 1. The molecule has 2 aliphatic rings. The van der Waals surface area contributed by atoms with Crippen LogP contribution >= 0.6 is 0 Å². The molecule has 2 atom stereocenters. The van der Waals surface area contributed by atoms with Gasteiger partial charge in [0.2, 0.25) is 5.91 Å². The van der Waals surface area contributed by atoms with Crippen molar-refractivity contribution >= 4 is 5.91 Å². The smallest absolute Gasteiger partial charge is 0.227 e. The number of fused-ring (bicyclic) bond motifs is 1. The average molecular weight is 288 g/mol. The number of amides is 1. The van der Waals surface area contributed by atoms with Crippen LogP contribution in [0.5, 0.6) is 0 Å². The van der Waals surface area contributed by atoms with Gasteiger partial charge in [-0.05, 0) is 30.5 Å². The summed E-state index contributed by atoms with van der Waals surface area (Å²) < 4.78 is 12.9. The summed E-state index contributed by atoms with van der Waals surface area (Å²) in [7, 11) is 0. The summed E-state index contributed by atoms with van der Waals surface area (Å²) in [5, 5.41) is 0. The summed E-state index contributed by atoms with van der Waals surface area (Å²) in [6, 6.07) is 7.05. The molecule has 2 heterocycles. The van der Waals surface area contributed by atoms with E-state index in [-0.39, 0.29) is 11.7 Å². The average Bonchev–Trinajstić information content (AvgIpc) is 3.05. The zero-order valence-electron chi connectivity index (χ0n) is 12.2. The monoisotopic (exact) mass is 288 g/mol. The number of likely N-dealkylation sites (tertiary alicyclic amines) is 2. The highest BCUT2D eigenvalue weighted by molar-refractivity contribution is 5.79. The summed E-state index contributed by atoms with van der Waals surface area (Å²) in [6.45, 7) is 6.59. The molecule has 0 saturated carbocycles. The molecule has 1 aromatic rings. The second-order valence-electron chi connectivity index (χ2n) is 5.89. The number of hydrogen-bond donors (Lipinski definition) is 0. The molecule has 4 heteroatoms. The Morgan fingerprint density at radius 2 is 1.95 bits per heavy atom. The van der Waals surface area contributed by atoms with E-state index in [0.29, 0.717) is 18.5 Å².